The second kappa shape index (κ2) is 10.9. The predicted octanol–water partition coefficient (Wildman–Crippen LogP) is 4.14. The number of anilines is 3. The first kappa shape index (κ1) is 24.0. The normalized spacial score (nSPS) is 13.2. The van der Waals surface area contributed by atoms with Gasteiger partial charge in [-0.2, -0.15) is 4.98 Å². The minimum absolute atomic E-state index is 0.135. The van der Waals surface area contributed by atoms with Crippen LogP contribution in [0.5, 0.6) is 17.2 Å². The Bertz CT molecular complexity index is 1370. The molecule has 2 aromatic carbocycles. The third-order valence-corrected chi connectivity index (χ3v) is 5.73. The number of nitrogens with two attached hydrogens (primary N) is 1. The largest absolute Gasteiger partial charge is 0.497 e. The van der Waals surface area contributed by atoms with Gasteiger partial charge in [0.1, 0.15) is 28.8 Å². The average Bonchev–Trinajstić information content (AvgIpc) is 2.94. The van der Waals surface area contributed by atoms with Crippen LogP contribution in [0.25, 0.3) is 11.3 Å². The summed E-state index contributed by atoms with van der Waals surface area (Å²) in [6, 6.07) is 19.9. The minimum atomic E-state index is -0.135. The quantitative estimate of drug-likeness (QED) is 0.387. The van der Waals surface area contributed by atoms with Gasteiger partial charge in [-0.3, -0.25) is 9.78 Å². The number of hydrogen-bond acceptors (Lipinski definition) is 9. The summed E-state index contributed by atoms with van der Waals surface area (Å²) in [6.45, 7) is 2.17. The van der Waals surface area contributed by atoms with Gasteiger partial charge in [0.15, 0.2) is 0 Å². The lowest BCUT2D eigenvalue weighted by molar-refractivity contribution is 0.0299. The van der Waals surface area contributed by atoms with Crippen LogP contribution in [0.2, 0.25) is 0 Å². The number of pyridine rings is 1. The molecule has 0 unspecified atom stereocenters. The Hall–Kier alpha value is -4.70. The van der Waals surface area contributed by atoms with Crippen molar-refractivity contribution in [2.24, 2.45) is 0 Å². The predicted molar refractivity (Wildman–Crippen MR) is 139 cm³/mol. The molecular weight excluding hydrogens is 472 g/mol. The van der Waals surface area contributed by atoms with Crippen molar-refractivity contribution in [2.45, 2.75) is 0 Å². The maximum Gasteiger partial charge on any atom is 0.272 e. The number of amides is 1. The van der Waals surface area contributed by atoms with Crippen molar-refractivity contribution < 1.29 is 19.0 Å². The lowest BCUT2D eigenvalue weighted by Gasteiger charge is -2.26. The van der Waals surface area contributed by atoms with Gasteiger partial charge >= 0.3 is 0 Å². The summed E-state index contributed by atoms with van der Waals surface area (Å²) in [6.07, 6.45) is 1.57. The number of aromatic nitrogens is 3. The zero-order valence-electron chi connectivity index (χ0n) is 20.3. The topological polar surface area (TPSA) is 125 Å². The third kappa shape index (κ3) is 5.93. The van der Waals surface area contributed by atoms with Gasteiger partial charge in [-0.25, -0.2) is 4.98 Å². The van der Waals surface area contributed by atoms with E-state index in [9.17, 15) is 4.79 Å². The first-order chi connectivity index (χ1) is 18.1. The van der Waals surface area contributed by atoms with Gasteiger partial charge < -0.3 is 30.2 Å². The van der Waals surface area contributed by atoms with E-state index in [4.69, 9.17) is 19.9 Å². The lowest BCUT2D eigenvalue weighted by atomic mass is 10.1. The Morgan fingerprint density at radius 2 is 1.68 bits per heavy atom. The van der Waals surface area contributed by atoms with Crippen molar-refractivity contribution in [1.82, 2.24) is 19.9 Å². The van der Waals surface area contributed by atoms with E-state index in [1.54, 1.807) is 36.4 Å². The molecule has 1 saturated heterocycles. The van der Waals surface area contributed by atoms with Crippen molar-refractivity contribution >= 4 is 23.4 Å². The van der Waals surface area contributed by atoms with E-state index in [2.05, 4.69) is 20.3 Å². The van der Waals surface area contributed by atoms with Crippen LogP contribution in [0.4, 0.5) is 17.5 Å². The first-order valence-electron chi connectivity index (χ1n) is 11.7. The highest BCUT2D eigenvalue weighted by Gasteiger charge is 2.20. The fraction of sp³-hybridized carbons (Fsp3) is 0.185. The molecule has 4 aromatic rings. The number of carbonyl (C=O) groups is 1. The molecule has 188 valence electrons. The van der Waals surface area contributed by atoms with Gasteiger partial charge in [0.25, 0.3) is 5.91 Å². The number of nitrogens with one attached hydrogen (secondary N) is 1. The summed E-state index contributed by atoms with van der Waals surface area (Å²) >= 11 is 0. The molecule has 10 nitrogen and oxygen atoms in total. The van der Waals surface area contributed by atoms with Crippen molar-refractivity contribution in [1.29, 1.82) is 0 Å². The van der Waals surface area contributed by atoms with E-state index < -0.39 is 0 Å². The molecule has 1 fully saturated rings. The standard InChI is InChI=1S/C27H26N6O4/c1-35-20-6-2-18(3-7-20)23-17-25(28)32-27(31-23)30-19-4-8-21(9-5-19)37-22-10-11-29-24(16-22)26(34)33-12-14-36-15-13-33/h2-11,16-17H,12-15H2,1H3,(H3,28,30,31,32). The van der Waals surface area contributed by atoms with Crippen LogP contribution in [-0.4, -0.2) is 59.2 Å². The molecular formula is C27H26N6O4. The number of morpholine rings is 1. The van der Waals surface area contributed by atoms with E-state index in [-0.39, 0.29) is 5.91 Å². The van der Waals surface area contributed by atoms with Crippen molar-refractivity contribution in [3.8, 4) is 28.5 Å². The molecule has 37 heavy (non-hydrogen) atoms. The number of rotatable bonds is 7. The highest BCUT2D eigenvalue weighted by molar-refractivity contribution is 5.92. The molecule has 0 radical (unpaired) electrons. The highest BCUT2D eigenvalue weighted by atomic mass is 16.5. The Morgan fingerprint density at radius 3 is 2.41 bits per heavy atom. The summed E-state index contributed by atoms with van der Waals surface area (Å²) in [4.78, 5) is 27.5. The van der Waals surface area contributed by atoms with Crippen molar-refractivity contribution in [3.63, 3.8) is 0 Å². The Kier molecular flexibility index (Phi) is 7.09. The number of methoxy groups -OCH3 is 1. The van der Waals surface area contributed by atoms with Crippen LogP contribution < -0.4 is 20.5 Å². The minimum Gasteiger partial charge on any atom is -0.497 e. The average molecular weight is 499 g/mol. The van der Waals surface area contributed by atoms with E-state index in [0.717, 1.165) is 17.0 Å². The molecule has 2 aromatic heterocycles. The number of carbonyl (C=O) groups excluding carboxylic acids is 1. The van der Waals surface area contributed by atoms with E-state index in [1.165, 1.54) is 0 Å². The maximum atomic E-state index is 12.7. The first-order valence-corrected chi connectivity index (χ1v) is 11.7. The van der Waals surface area contributed by atoms with Gasteiger partial charge in [-0.05, 0) is 54.6 Å². The summed E-state index contributed by atoms with van der Waals surface area (Å²) in [5, 5.41) is 3.18. The fourth-order valence-electron chi connectivity index (χ4n) is 3.82. The van der Waals surface area contributed by atoms with Crippen LogP contribution in [0.1, 0.15) is 10.5 Å². The smallest absolute Gasteiger partial charge is 0.272 e. The van der Waals surface area contributed by atoms with Crippen molar-refractivity contribution in [2.75, 3.05) is 44.5 Å². The fourth-order valence-corrected chi connectivity index (χ4v) is 3.82. The van der Waals surface area contributed by atoms with Gasteiger partial charge in [0, 0.05) is 42.7 Å². The van der Waals surface area contributed by atoms with Crippen LogP contribution in [0.15, 0.2) is 72.9 Å². The zero-order valence-corrected chi connectivity index (χ0v) is 20.3. The second-order valence-electron chi connectivity index (χ2n) is 8.26. The molecule has 1 amide bonds. The molecule has 10 heteroatoms. The summed E-state index contributed by atoms with van der Waals surface area (Å²) in [5.41, 5.74) is 8.71. The van der Waals surface area contributed by atoms with Gasteiger partial charge in [-0.15, -0.1) is 0 Å². The van der Waals surface area contributed by atoms with Crippen molar-refractivity contribution in [3.05, 3.63) is 78.6 Å². The van der Waals surface area contributed by atoms with Gasteiger partial charge in [0.2, 0.25) is 5.95 Å². The summed E-state index contributed by atoms with van der Waals surface area (Å²) in [7, 11) is 1.62. The molecule has 0 bridgehead atoms. The number of nitrogen functional groups attached to an aromatic ring is 1. The van der Waals surface area contributed by atoms with E-state index in [0.29, 0.717) is 61.0 Å². The zero-order chi connectivity index (χ0) is 25.6. The Labute approximate surface area is 214 Å². The highest BCUT2D eigenvalue weighted by Crippen LogP contribution is 2.27. The second-order valence-corrected chi connectivity index (χ2v) is 8.26. The summed E-state index contributed by atoms with van der Waals surface area (Å²) < 4.78 is 16.5. The molecule has 0 aliphatic carbocycles. The number of ether oxygens (including phenoxy) is 3. The van der Waals surface area contributed by atoms with Gasteiger partial charge in [-0.1, -0.05) is 0 Å². The number of benzene rings is 2. The lowest BCUT2D eigenvalue weighted by Crippen LogP contribution is -2.41. The Morgan fingerprint density at radius 1 is 0.946 bits per heavy atom. The molecule has 0 saturated carbocycles. The van der Waals surface area contributed by atoms with E-state index in [1.807, 2.05) is 48.5 Å². The molecule has 0 atom stereocenters. The van der Waals surface area contributed by atoms with Crippen LogP contribution in [-0.2, 0) is 4.74 Å². The Balaban J connectivity index is 1.26. The molecule has 3 N–H and O–H groups in total. The molecule has 3 heterocycles. The molecule has 1 aliphatic heterocycles. The maximum absolute atomic E-state index is 12.7. The van der Waals surface area contributed by atoms with Crippen LogP contribution in [0.3, 0.4) is 0 Å². The number of nitrogens with zero attached hydrogens (tertiary/aromatic N) is 4. The van der Waals surface area contributed by atoms with Crippen LogP contribution >= 0.6 is 0 Å². The SMILES string of the molecule is COc1ccc(-c2cc(N)nc(Nc3ccc(Oc4ccnc(C(=O)N5CCOCC5)c4)cc3)n2)cc1. The summed E-state index contributed by atoms with van der Waals surface area (Å²) in [5.74, 6) is 2.48. The molecule has 1 aliphatic rings. The van der Waals surface area contributed by atoms with Gasteiger partial charge in [0.05, 0.1) is 26.0 Å². The number of hydrogen-bond donors (Lipinski definition) is 2. The third-order valence-electron chi connectivity index (χ3n) is 5.73. The molecule has 0 spiro atoms. The van der Waals surface area contributed by atoms with E-state index >= 15 is 0 Å². The van der Waals surface area contributed by atoms with Crippen LogP contribution in [0, 0.1) is 0 Å². The molecule has 5 rings (SSSR count). The monoisotopic (exact) mass is 498 g/mol.